The van der Waals surface area contributed by atoms with Crippen molar-refractivity contribution in [2.45, 2.75) is 19.9 Å². The Morgan fingerprint density at radius 2 is 2.03 bits per heavy atom. The number of fused-ring (bicyclic) bond motifs is 1. The van der Waals surface area contributed by atoms with Crippen LogP contribution < -0.4 is 5.32 Å². The number of morpholine rings is 1. The molecule has 0 bridgehead atoms. The van der Waals surface area contributed by atoms with Crippen LogP contribution in [-0.2, 0) is 11.3 Å². The summed E-state index contributed by atoms with van der Waals surface area (Å²) in [6.45, 7) is 7.49. The number of nitrogens with one attached hydrogen (secondary N) is 1. The summed E-state index contributed by atoms with van der Waals surface area (Å²) in [6.07, 6.45) is 1.77. The van der Waals surface area contributed by atoms with E-state index < -0.39 is 0 Å². The third-order valence-corrected chi connectivity index (χ3v) is 5.44. The number of imidazole rings is 1. The number of nitrogens with zero attached hydrogens (tertiary/aromatic N) is 5. The number of aromatic nitrogens is 3. The van der Waals surface area contributed by atoms with Crippen molar-refractivity contribution >= 4 is 29.0 Å². The molecule has 1 aromatic carbocycles. The molecule has 9 heteroatoms. The summed E-state index contributed by atoms with van der Waals surface area (Å²) < 4.78 is 7.38. The van der Waals surface area contributed by atoms with E-state index in [1.165, 1.54) is 0 Å². The zero-order chi connectivity index (χ0) is 21.6. The van der Waals surface area contributed by atoms with Crippen molar-refractivity contribution in [2.75, 3.05) is 44.7 Å². The Hall–Kier alpha value is -3.17. The van der Waals surface area contributed by atoms with Gasteiger partial charge in [-0.3, -0.25) is 14.7 Å². The van der Waals surface area contributed by atoms with Crippen molar-refractivity contribution in [3.8, 4) is 0 Å². The van der Waals surface area contributed by atoms with Gasteiger partial charge in [-0.15, -0.1) is 4.91 Å². The highest BCUT2D eigenvalue weighted by molar-refractivity contribution is 5.86. The first kappa shape index (κ1) is 21.1. The minimum Gasteiger partial charge on any atom is -0.379 e. The third-order valence-electron chi connectivity index (χ3n) is 5.44. The molecule has 0 spiro atoms. The molecular weight excluding hydrogens is 396 g/mol. The standard InChI is InChI=1S/C22H26N6O3/c1-16-3-5-18(26-30)20(24-16)14-28-21-6-4-17(15-29)13-19(21)25-22(28)23-7-2-8-27-9-11-31-12-10-27/h3-6,13,15H,2,7-12,14H2,1H3,(H,23,25). The van der Waals surface area contributed by atoms with Gasteiger partial charge in [-0.25, -0.2) is 4.98 Å². The van der Waals surface area contributed by atoms with Crippen LogP contribution in [0.3, 0.4) is 0 Å². The molecule has 0 radical (unpaired) electrons. The highest BCUT2D eigenvalue weighted by Gasteiger charge is 2.15. The maximum absolute atomic E-state index is 11.3. The summed E-state index contributed by atoms with van der Waals surface area (Å²) in [7, 11) is 0. The van der Waals surface area contributed by atoms with Gasteiger partial charge in [-0.2, -0.15) is 0 Å². The number of aldehydes is 1. The number of carbonyl (C=O) groups is 1. The van der Waals surface area contributed by atoms with Gasteiger partial charge >= 0.3 is 0 Å². The maximum Gasteiger partial charge on any atom is 0.204 e. The minimum atomic E-state index is 0.315. The van der Waals surface area contributed by atoms with Gasteiger partial charge in [0.25, 0.3) is 0 Å². The smallest absolute Gasteiger partial charge is 0.204 e. The van der Waals surface area contributed by atoms with Crippen molar-refractivity contribution < 1.29 is 9.53 Å². The number of rotatable bonds is 9. The number of carbonyl (C=O) groups excluding carboxylic acids is 1. The lowest BCUT2D eigenvalue weighted by atomic mass is 10.2. The van der Waals surface area contributed by atoms with Crippen LogP contribution in [0.5, 0.6) is 0 Å². The number of anilines is 1. The molecule has 9 nitrogen and oxygen atoms in total. The highest BCUT2D eigenvalue weighted by Crippen LogP contribution is 2.25. The molecule has 0 unspecified atom stereocenters. The third kappa shape index (κ3) is 4.95. The Bertz CT molecular complexity index is 1070. The molecular formula is C22H26N6O3. The maximum atomic E-state index is 11.3. The molecule has 1 N–H and O–H groups in total. The van der Waals surface area contributed by atoms with E-state index in [9.17, 15) is 9.70 Å². The zero-order valence-corrected chi connectivity index (χ0v) is 17.6. The lowest BCUT2D eigenvalue weighted by molar-refractivity contribution is 0.0378. The van der Waals surface area contributed by atoms with Gasteiger partial charge in [-0.05, 0) is 55.4 Å². The predicted molar refractivity (Wildman–Crippen MR) is 119 cm³/mol. The van der Waals surface area contributed by atoms with Crippen LogP contribution in [0, 0.1) is 11.8 Å². The molecule has 1 saturated heterocycles. The van der Waals surface area contributed by atoms with Gasteiger partial charge in [0.1, 0.15) is 12.0 Å². The van der Waals surface area contributed by atoms with Crippen LogP contribution in [0.4, 0.5) is 11.6 Å². The van der Waals surface area contributed by atoms with Crippen molar-refractivity contribution in [1.29, 1.82) is 0 Å². The number of pyridine rings is 1. The molecule has 0 amide bonds. The largest absolute Gasteiger partial charge is 0.379 e. The SMILES string of the molecule is Cc1ccc(N=O)c(Cn2c(NCCCN3CCOCC3)nc3cc(C=O)ccc32)n1. The molecule has 4 rings (SSSR count). The van der Waals surface area contributed by atoms with Gasteiger partial charge in [0, 0.05) is 30.9 Å². The molecule has 1 fully saturated rings. The number of benzene rings is 1. The van der Waals surface area contributed by atoms with Crippen molar-refractivity contribution in [1.82, 2.24) is 19.4 Å². The topological polar surface area (TPSA) is 102 Å². The molecule has 162 valence electrons. The first-order chi connectivity index (χ1) is 15.2. The summed E-state index contributed by atoms with van der Waals surface area (Å²) in [4.78, 5) is 34.1. The molecule has 0 aliphatic carbocycles. The van der Waals surface area contributed by atoms with Crippen LogP contribution in [-0.4, -0.2) is 65.1 Å². The van der Waals surface area contributed by atoms with E-state index in [0.717, 1.165) is 63.3 Å². The van der Waals surface area contributed by atoms with E-state index in [1.807, 2.05) is 17.6 Å². The van der Waals surface area contributed by atoms with E-state index in [1.54, 1.807) is 24.3 Å². The number of hydrogen-bond donors (Lipinski definition) is 1. The quantitative estimate of drug-likeness (QED) is 0.321. The lowest BCUT2D eigenvalue weighted by Crippen LogP contribution is -2.37. The van der Waals surface area contributed by atoms with E-state index in [2.05, 4.69) is 20.4 Å². The van der Waals surface area contributed by atoms with E-state index >= 15 is 0 Å². The Labute approximate surface area is 180 Å². The molecule has 3 heterocycles. The van der Waals surface area contributed by atoms with E-state index in [0.29, 0.717) is 35.0 Å². The summed E-state index contributed by atoms with van der Waals surface area (Å²) in [6, 6.07) is 8.85. The normalized spacial score (nSPS) is 14.6. The Balaban J connectivity index is 1.57. The number of aryl methyl sites for hydroxylation is 1. The minimum absolute atomic E-state index is 0.315. The average Bonchev–Trinajstić information content (AvgIpc) is 3.14. The molecule has 0 atom stereocenters. The first-order valence-electron chi connectivity index (χ1n) is 10.5. The van der Waals surface area contributed by atoms with Crippen molar-refractivity contribution in [3.05, 3.63) is 52.2 Å². The fourth-order valence-corrected chi connectivity index (χ4v) is 3.80. The Morgan fingerprint density at radius 3 is 2.81 bits per heavy atom. The van der Waals surface area contributed by atoms with Crippen LogP contribution in [0.1, 0.15) is 28.2 Å². The van der Waals surface area contributed by atoms with Gasteiger partial charge in [0.05, 0.1) is 36.5 Å². The number of ether oxygens (including phenoxy) is 1. The van der Waals surface area contributed by atoms with Crippen LogP contribution >= 0.6 is 0 Å². The lowest BCUT2D eigenvalue weighted by Gasteiger charge is -2.26. The summed E-state index contributed by atoms with van der Waals surface area (Å²) >= 11 is 0. The van der Waals surface area contributed by atoms with Crippen molar-refractivity contribution in [2.24, 2.45) is 5.18 Å². The van der Waals surface area contributed by atoms with Crippen LogP contribution in [0.15, 0.2) is 35.5 Å². The van der Waals surface area contributed by atoms with Gasteiger partial charge < -0.3 is 14.6 Å². The fourth-order valence-electron chi connectivity index (χ4n) is 3.80. The first-order valence-corrected chi connectivity index (χ1v) is 10.5. The van der Waals surface area contributed by atoms with E-state index in [-0.39, 0.29) is 0 Å². The van der Waals surface area contributed by atoms with Crippen LogP contribution in [0.25, 0.3) is 11.0 Å². The summed E-state index contributed by atoms with van der Waals surface area (Å²) in [5.74, 6) is 0.681. The van der Waals surface area contributed by atoms with E-state index in [4.69, 9.17) is 9.72 Å². The second-order valence-electron chi connectivity index (χ2n) is 7.63. The monoisotopic (exact) mass is 422 g/mol. The van der Waals surface area contributed by atoms with Crippen LogP contribution in [0.2, 0.25) is 0 Å². The zero-order valence-electron chi connectivity index (χ0n) is 17.6. The van der Waals surface area contributed by atoms with Gasteiger partial charge in [0.2, 0.25) is 5.95 Å². The number of nitroso groups, excluding NO2 is 1. The van der Waals surface area contributed by atoms with Gasteiger partial charge in [0.15, 0.2) is 0 Å². The predicted octanol–water partition coefficient (Wildman–Crippen LogP) is 3.13. The van der Waals surface area contributed by atoms with Crippen molar-refractivity contribution in [3.63, 3.8) is 0 Å². The summed E-state index contributed by atoms with van der Waals surface area (Å²) in [5, 5.41) is 6.55. The molecule has 2 aromatic heterocycles. The highest BCUT2D eigenvalue weighted by atomic mass is 16.5. The van der Waals surface area contributed by atoms with Gasteiger partial charge in [-0.1, -0.05) is 0 Å². The molecule has 31 heavy (non-hydrogen) atoms. The fraction of sp³-hybridized carbons (Fsp3) is 0.409. The second kappa shape index (κ2) is 9.76. The molecule has 3 aromatic rings. The Morgan fingerprint density at radius 1 is 1.19 bits per heavy atom. The molecule has 0 saturated carbocycles. The molecule has 1 aliphatic heterocycles. The Kier molecular flexibility index (Phi) is 6.63. The second-order valence-corrected chi connectivity index (χ2v) is 7.63. The summed E-state index contributed by atoms with van der Waals surface area (Å²) in [5.41, 5.74) is 3.87. The average molecular weight is 422 g/mol. The molecule has 1 aliphatic rings. The number of hydrogen-bond acceptors (Lipinski definition) is 8.